The Kier molecular flexibility index (Phi) is 13.8. The van der Waals surface area contributed by atoms with Crippen LogP contribution in [0.4, 0.5) is 11.4 Å². The molecule has 2 aromatic carbocycles. The highest BCUT2D eigenvalue weighted by Gasteiger charge is 2.42. The molecule has 0 atom stereocenters. The molecule has 0 bridgehead atoms. The number of para-hydroxylation sites is 2. The van der Waals surface area contributed by atoms with Crippen LogP contribution in [0.2, 0.25) is 0 Å². The van der Waals surface area contributed by atoms with Crippen LogP contribution in [0, 0.1) is 5.92 Å². The normalized spacial score (nSPS) is 16.6. The number of benzene rings is 2. The number of carbonyl (C=O) groups excluding carboxylic acids is 2. The van der Waals surface area contributed by atoms with E-state index in [-0.39, 0.29) is 28.6 Å². The van der Waals surface area contributed by atoms with Crippen LogP contribution >= 0.6 is 0 Å². The standard InChI is InChI=1S/C45H61N7O2/c1-34(2)43(54)47-29-18-17-21-35-33-51(49-48-35)31-20-30-46-42(53)28-12-9-19-32-52-39-25-16-14-23-37(39)45(5,6)41(52)27-11-8-10-26-40-44(3,4)36-22-13-15-24-38(36)50(40)7/h8,10-11,13-16,22-27,33-34H,9,12,17-21,28-32H2,1-7H3,(H-,46,47,53,54)/p+1. The van der Waals surface area contributed by atoms with E-state index >= 15 is 0 Å². The van der Waals surface area contributed by atoms with Gasteiger partial charge in [-0.05, 0) is 70.1 Å². The molecule has 0 saturated carbocycles. The van der Waals surface area contributed by atoms with Crippen molar-refractivity contribution in [1.82, 2.24) is 25.6 Å². The lowest BCUT2D eigenvalue weighted by molar-refractivity contribution is -0.401. The molecule has 9 nitrogen and oxygen atoms in total. The number of unbranched alkanes of at least 4 members (excludes halogenated alkanes) is 3. The number of anilines is 1. The van der Waals surface area contributed by atoms with Crippen LogP contribution in [-0.2, 0) is 33.4 Å². The van der Waals surface area contributed by atoms with Crippen LogP contribution in [0.1, 0.15) is 103 Å². The third-order valence-electron chi connectivity index (χ3n) is 10.9. The van der Waals surface area contributed by atoms with Crippen molar-refractivity contribution in [3.8, 4) is 0 Å². The molecule has 2 aliphatic heterocycles. The summed E-state index contributed by atoms with van der Waals surface area (Å²) in [6.45, 7) is 16.0. The van der Waals surface area contributed by atoms with Crippen molar-refractivity contribution < 1.29 is 14.2 Å². The van der Waals surface area contributed by atoms with Crippen molar-refractivity contribution in [1.29, 1.82) is 0 Å². The third kappa shape index (κ3) is 9.84. The Morgan fingerprint density at radius 3 is 2.33 bits per heavy atom. The van der Waals surface area contributed by atoms with Crippen molar-refractivity contribution in [3.63, 3.8) is 0 Å². The van der Waals surface area contributed by atoms with E-state index in [1.807, 2.05) is 24.7 Å². The van der Waals surface area contributed by atoms with Gasteiger partial charge in [-0.25, -0.2) is 0 Å². The molecular weight excluding hydrogens is 671 g/mol. The topological polar surface area (TPSA) is 95.2 Å². The highest BCUT2D eigenvalue weighted by atomic mass is 16.2. The molecular formula is C45H62N7O2+. The van der Waals surface area contributed by atoms with Gasteiger partial charge in [-0.1, -0.05) is 94.0 Å². The average Bonchev–Trinajstić information content (AvgIpc) is 3.75. The molecule has 1 aromatic heterocycles. The van der Waals surface area contributed by atoms with Gasteiger partial charge in [0.15, 0.2) is 5.71 Å². The van der Waals surface area contributed by atoms with Gasteiger partial charge >= 0.3 is 0 Å². The van der Waals surface area contributed by atoms with Crippen molar-refractivity contribution in [3.05, 3.63) is 108 Å². The van der Waals surface area contributed by atoms with Crippen LogP contribution in [0.3, 0.4) is 0 Å². The van der Waals surface area contributed by atoms with Gasteiger partial charge in [0, 0.05) is 79.2 Å². The predicted molar refractivity (Wildman–Crippen MR) is 220 cm³/mol. The van der Waals surface area contributed by atoms with Gasteiger partial charge < -0.3 is 15.5 Å². The number of fused-ring (bicyclic) bond motifs is 2. The van der Waals surface area contributed by atoms with Gasteiger partial charge in [0.1, 0.15) is 7.05 Å². The zero-order valence-corrected chi connectivity index (χ0v) is 33.7. The molecule has 5 rings (SSSR count). The summed E-state index contributed by atoms with van der Waals surface area (Å²) in [5, 5.41) is 14.5. The molecule has 9 heteroatoms. The van der Waals surface area contributed by atoms with Crippen LogP contribution < -0.4 is 15.5 Å². The van der Waals surface area contributed by atoms with Crippen LogP contribution in [0.25, 0.3) is 0 Å². The summed E-state index contributed by atoms with van der Waals surface area (Å²) in [6, 6.07) is 17.4. The predicted octanol–water partition coefficient (Wildman–Crippen LogP) is 7.94. The van der Waals surface area contributed by atoms with E-state index < -0.39 is 0 Å². The number of nitrogens with zero attached hydrogens (tertiary/aromatic N) is 5. The number of hydrogen-bond donors (Lipinski definition) is 2. The molecule has 3 aromatic rings. The van der Waals surface area contributed by atoms with E-state index in [0.717, 1.165) is 63.7 Å². The lowest BCUT2D eigenvalue weighted by atomic mass is 9.81. The second-order valence-electron chi connectivity index (χ2n) is 16.1. The Labute approximate surface area is 323 Å². The van der Waals surface area contributed by atoms with Crippen LogP contribution in [0.15, 0.2) is 90.8 Å². The lowest BCUT2D eigenvalue weighted by Crippen LogP contribution is -2.28. The molecule has 3 heterocycles. The Balaban J connectivity index is 1.03. The summed E-state index contributed by atoms with van der Waals surface area (Å²) < 4.78 is 4.16. The van der Waals surface area contributed by atoms with E-state index in [4.69, 9.17) is 0 Å². The third-order valence-corrected chi connectivity index (χ3v) is 10.9. The number of carbonyl (C=O) groups is 2. The first-order valence-corrected chi connectivity index (χ1v) is 20.0. The Bertz CT molecular complexity index is 1880. The van der Waals surface area contributed by atoms with E-state index in [0.29, 0.717) is 19.5 Å². The summed E-state index contributed by atoms with van der Waals surface area (Å²) >= 11 is 0. The maximum absolute atomic E-state index is 12.6. The summed E-state index contributed by atoms with van der Waals surface area (Å²) in [6.07, 6.45) is 19.9. The molecule has 0 spiro atoms. The number of rotatable bonds is 19. The zero-order valence-electron chi connectivity index (χ0n) is 33.7. The quantitative estimate of drug-likeness (QED) is 0.0742. The van der Waals surface area contributed by atoms with Gasteiger partial charge in [0.05, 0.1) is 11.1 Å². The number of nitrogens with one attached hydrogen (secondary N) is 2. The van der Waals surface area contributed by atoms with Crippen molar-refractivity contribution in [2.45, 2.75) is 110 Å². The van der Waals surface area contributed by atoms with Gasteiger partial charge in [-0.3, -0.25) is 14.3 Å². The maximum atomic E-state index is 12.6. The first-order valence-electron chi connectivity index (χ1n) is 20.0. The molecule has 54 heavy (non-hydrogen) atoms. The fourth-order valence-electron chi connectivity index (χ4n) is 7.74. The van der Waals surface area contributed by atoms with E-state index in [1.165, 1.54) is 33.9 Å². The molecule has 0 fully saturated rings. The Morgan fingerprint density at radius 1 is 0.815 bits per heavy atom. The first-order chi connectivity index (χ1) is 25.9. The maximum Gasteiger partial charge on any atom is 0.222 e. The van der Waals surface area contributed by atoms with Crippen molar-refractivity contribution >= 4 is 28.9 Å². The molecule has 2 N–H and O–H groups in total. The number of aromatic nitrogens is 3. The summed E-state index contributed by atoms with van der Waals surface area (Å²) in [4.78, 5) is 26.7. The lowest BCUT2D eigenvalue weighted by Gasteiger charge is -2.27. The fraction of sp³-hybridized carbons (Fsp3) is 0.489. The van der Waals surface area contributed by atoms with Gasteiger partial charge in [-0.15, -0.1) is 5.10 Å². The largest absolute Gasteiger partial charge is 0.356 e. The number of amides is 2. The second kappa shape index (κ2) is 18.5. The molecule has 0 aliphatic carbocycles. The smallest absolute Gasteiger partial charge is 0.222 e. The van der Waals surface area contributed by atoms with E-state index in [9.17, 15) is 9.59 Å². The summed E-state index contributed by atoms with van der Waals surface area (Å²) in [5.74, 6) is 0.225. The van der Waals surface area contributed by atoms with Gasteiger partial charge in [0.25, 0.3) is 0 Å². The SMILES string of the molecule is CC(C)C(=O)NCCCCc1cn(CCCNC(=O)CCCCCN2/C(=C/C=C/C=C/C3=[N+](C)c4ccccc4C3(C)C)C(C)(C)c3ccccc32)nn1. The number of hydrogen-bond acceptors (Lipinski definition) is 5. The minimum atomic E-state index is -0.101. The summed E-state index contributed by atoms with van der Waals surface area (Å²) in [7, 11) is 2.16. The molecule has 2 aliphatic rings. The molecule has 0 radical (unpaired) electrons. The Hall–Kier alpha value is -4.79. The molecule has 0 saturated heterocycles. The minimum absolute atomic E-state index is 0.0168. The van der Waals surface area contributed by atoms with E-state index in [2.05, 4.69) is 144 Å². The number of aryl methyl sites for hydroxylation is 2. The zero-order chi connectivity index (χ0) is 38.7. The van der Waals surface area contributed by atoms with Crippen molar-refractivity contribution in [2.24, 2.45) is 5.92 Å². The van der Waals surface area contributed by atoms with Gasteiger partial charge in [0.2, 0.25) is 17.5 Å². The highest BCUT2D eigenvalue weighted by Crippen LogP contribution is 2.47. The van der Waals surface area contributed by atoms with Crippen LogP contribution in [0.5, 0.6) is 0 Å². The summed E-state index contributed by atoms with van der Waals surface area (Å²) in [5.41, 5.74) is 8.69. The monoisotopic (exact) mass is 732 g/mol. The average molecular weight is 733 g/mol. The minimum Gasteiger partial charge on any atom is -0.356 e. The van der Waals surface area contributed by atoms with Gasteiger partial charge in [-0.2, -0.15) is 4.58 Å². The Morgan fingerprint density at radius 2 is 1.56 bits per heavy atom. The number of allylic oxidation sites excluding steroid dienone is 6. The molecule has 288 valence electrons. The first kappa shape index (κ1) is 40.4. The second-order valence-corrected chi connectivity index (χ2v) is 16.1. The fourth-order valence-corrected chi connectivity index (χ4v) is 7.74. The van der Waals surface area contributed by atoms with Crippen LogP contribution in [-0.4, -0.2) is 63.8 Å². The van der Waals surface area contributed by atoms with Crippen molar-refractivity contribution in [2.75, 3.05) is 31.6 Å². The molecule has 2 amide bonds. The molecule has 0 unspecified atom stereocenters. The van der Waals surface area contributed by atoms with E-state index in [1.54, 1.807) is 0 Å². The highest BCUT2D eigenvalue weighted by molar-refractivity contribution is 6.03.